The number of hydrogen-bond donors (Lipinski definition) is 1. The van der Waals surface area contributed by atoms with E-state index >= 15 is 0 Å². The van der Waals surface area contributed by atoms with Crippen LogP contribution in [0.25, 0.3) is 0 Å². The van der Waals surface area contributed by atoms with E-state index in [1.165, 1.54) is 10.1 Å². The molecule has 0 aliphatic heterocycles. The van der Waals surface area contributed by atoms with Crippen molar-refractivity contribution in [1.82, 2.24) is 19.9 Å². The number of aromatic nitrogens is 3. The third kappa shape index (κ3) is 5.10. The molecule has 7 heteroatoms. The topological polar surface area (TPSA) is 76.9 Å². The summed E-state index contributed by atoms with van der Waals surface area (Å²) in [5.74, 6) is -0.106. The molecule has 0 saturated carbocycles. The zero-order chi connectivity index (χ0) is 19.2. The van der Waals surface area contributed by atoms with Gasteiger partial charge in [0.05, 0.1) is 6.04 Å². The third-order valence-electron chi connectivity index (χ3n) is 4.35. The van der Waals surface area contributed by atoms with Crippen LogP contribution in [0.3, 0.4) is 0 Å². The van der Waals surface area contributed by atoms with Gasteiger partial charge in [-0.2, -0.15) is 16.3 Å². The summed E-state index contributed by atoms with van der Waals surface area (Å²) in [7, 11) is 0. The lowest BCUT2D eigenvalue weighted by Gasteiger charge is -2.19. The second-order valence-electron chi connectivity index (χ2n) is 6.47. The van der Waals surface area contributed by atoms with E-state index in [9.17, 15) is 9.59 Å². The lowest BCUT2D eigenvalue weighted by Crippen LogP contribution is -2.33. The molecule has 0 aliphatic rings. The molecule has 0 bridgehead atoms. The molecular formula is C20H22N4O2S. The van der Waals surface area contributed by atoms with Crippen LogP contribution in [-0.2, 0) is 17.8 Å². The Kier molecular flexibility index (Phi) is 6.13. The van der Waals surface area contributed by atoms with Gasteiger partial charge in [-0.1, -0.05) is 6.07 Å². The predicted octanol–water partition coefficient (Wildman–Crippen LogP) is 2.81. The number of nitrogens with zero attached hydrogens (tertiary/aromatic N) is 3. The van der Waals surface area contributed by atoms with Gasteiger partial charge in [0.2, 0.25) is 5.91 Å². The van der Waals surface area contributed by atoms with E-state index in [0.29, 0.717) is 18.7 Å². The number of thiophene rings is 1. The Bertz CT molecular complexity index is 952. The molecule has 1 unspecified atom stereocenters. The maximum Gasteiger partial charge on any atom is 0.347 e. The fourth-order valence-corrected chi connectivity index (χ4v) is 3.69. The predicted molar refractivity (Wildman–Crippen MR) is 106 cm³/mol. The summed E-state index contributed by atoms with van der Waals surface area (Å²) in [6, 6.07) is 7.57. The number of carbonyl (C=O) groups excluding carboxylic acids is 1. The maximum atomic E-state index is 12.6. The standard InChI is InChI=1S/C20H22N4O2S/c1-14-10-15(2)24(20(26)22-14)8-5-19(25)23-18(11-16-6-9-27-13-16)17-4-3-7-21-12-17/h3-4,6-7,9-10,12-13,18H,5,8,11H2,1-2H3,(H,23,25). The minimum Gasteiger partial charge on any atom is -0.349 e. The number of pyridine rings is 1. The van der Waals surface area contributed by atoms with Crippen LogP contribution >= 0.6 is 11.3 Å². The molecule has 0 radical (unpaired) electrons. The van der Waals surface area contributed by atoms with E-state index in [1.54, 1.807) is 30.7 Å². The van der Waals surface area contributed by atoms with Gasteiger partial charge in [0.25, 0.3) is 0 Å². The Morgan fingerprint density at radius 3 is 2.85 bits per heavy atom. The zero-order valence-electron chi connectivity index (χ0n) is 15.4. The summed E-state index contributed by atoms with van der Waals surface area (Å²) in [6.07, 6.45) is 4.40. The SMILES string of the molecule is Cc1cc(C)n(CCC(=O)NC(Cc2ccsc2)c2cccnc2)c(=O)n1. The molecule has 3 heterocycles. The monoisotopic (exact) mass is 382 g/mol. The minimum atomic E-state index is -0.317. The number of hydrogen-bond acceptors (Lipinski definition) is 5. The molecule has 6 nitrogen and oxygen atoms in total. The minimum absolute atomic E-state index is 0.106. The highest BCUT2D eigenvalue weighted by Gasteiger charge is 2.16. The number of carbonyl (C=O) groups is 1. The van der Waals surface area contributed by atoms with Crippen LogP contribution in [0, 0.1) is 13.8 Å². The summed E-state index contributed by atoms with van der Waals surface area (Å²) in [5.41, 5.74) is 3.31. The lowest BCUT2D eigenvalue weighted by molar-refractivity contribution is -0.122. The van der Waals surface area contributed by atoms with Crippen LogP contribution < -0.4 is 11.0 Å². The fraction of sp³-hybridized carbons (Fsp3) is 0.300. The van der Waals surface area contributed by atoms with Gasteiger partial charge >= 0.3 is 5.69 Å². The molecule has 0 aromatic carbocycles. The van der Waals surface area contributed by atoms with E-state index in [2.05, 4.69) is 26.7 Å². The molecule has 1 amide bonds. The van der Waals surface area contributed by atoms with Gasteiger partial charge < -0.3 is 5.32 Å². The molecule has 0 spiro atoms. The highest BCUT2D eigenvalue weighted by Crippen LogP contribution is 2.19. The lowest BCUT2D eigenvalue weighted by atomic mass is 10.0. The largest absolute Gasteiger partial charge is 0.349 e. The molecule has 27 heavy (non-hydrogen) atoms. The first-order chi connectivity index (χ1) is 13.0. The molecule has 1 N–H and O–H groups in total. The van der Waals surface area contributed by atoms with Gasteiger partial charge in [-0.05, 0) is 60.4 Å². The number of aryl methyl sites for hydroxylation is 2. The first-order valence-corrected chi connectivity index (χ1v) is 9.72. The van der Waals surface area contributed by atoms with Crippen LogP contribution in [0.2, 0.25) is 0 Å². The molecule has 1 atom stereocenters. The van der Waals surface area contributed by atoms with Crippen LogP contribution in [-0.4, -0.2) is 20.4 Å². The molecule has 0 aliphatic carbocycles. The summed E-state index contributed by atoms with van der Waals surface area (Å²) in [5, 5.41) is 7.19. The van der Waals surface area contributed by atoms with Gasteiger partial charge in [0.1, 0.15) is 0 Å². The normalized spacial score (nSPS) is 11.9. The highest BCUT2D eigenvalue weighted by atomic mass is 32.1. The van der Waals surface area contributed by atoms with E-state index < -0.39 is 0 Å². The number of nitrogens with one attached hydrogen (secondary N) is 1. The van der Waals surface area contributed by atoms with Crippen LogP contribution in [0.4, 0.5) is 0 Å². The molecule has 3 aromatic rings. The second kappa shape index (κ2) is 8.73. The molecule has 3 aromatic heterocycles. The van der Waals surface area contributed by atoms with Gasteiger partial charge in [-0.3, -0.25) is 14.3 Å². The van der Waals surface area contributed by atoms with Gasteiger partial charge in [-0.15, -0.1) is 0 Å². The summed E-state index contributed by atoms with van der Waals surface area (Å²) >= 11 is 1.63. The van der Waals surface area contributed by atoms with Crippen molar-refractivity contribution in [3.05, 3.63) is 80.4 Å². The van der Waals surface area contributed by atoms with Crippen molar-refractivity contribution in [2.45, 2.75) is 39.3 Å². The van der Waals surface area contributed by atoms with Gasteiger partial charge in [0.15, 0.2) is 0 Å². The van der Waals surface area contributed by atoms with Crippen molar-refractivity contribution < 1.29 is 4.79 Å². The smallest absolute Gasteiger partial charge is 0.347 e. The fourth-order valence-electron chi connectivity index (χ4n) is 3.01. The molecule has 140 valence electrons. The molecule has 0 fully saturated rings. The molecule has 3 rings (SSSR count). The van der Waals surface area contributed by atoms with Crippen molar-refractivity contribution in [2.24, 2.45) is 0 Å². The van der Waals surface area contributed by atoms with Gasteiger partial charge in [-0.25, -0.2) is 4.79 Å². The van der Waals surface area contributed by atoms with E-state index in [4.69, 9.17) is 0 Å². The van der Waals surface area contributed by atoms with Crippen LogP contribution in [0.15, 0.2) is 52.2 Å². The second-order valence-corrected chi connectivity index (χ2v) is 7.25. The first-order valence-electron chi connectivity index (χ1n) is 8.78. The number of rotatable bonds is 7. The van der Waals surface area contributed by atoms with Crippen molar-refractivity contribution >= 4 is 17.2 Å². The highest BCUT2D eigenvalue weighted by molar-refractivity contribution is 7.07. The Labute approximate surface area is 161 Å². The van der Waals surface area contributed by atoms with Crippen LogP contribution in [0.5, 0.6) is 0 Å². The quantitative estimate of drug-likeness (QED) is 0.682. The average Bonchev–Trinajstić information content (AvgIpc) is 3.14. The number of amides is 1. The maximum absolute atomic E-state index is 12.6. The average molecular weight is 382 g/mol. The van der Waals surface area contributed by atoms with E-state index in [0.717, 1.165) is 11.3 Å². The van der Waals surface area contributed by atoms with Crippen LogP contribution in [0.1, 0.15) is 35.0 Å². The summed E-state index contributed by atoms with van der Waals surface area (Å²) in [6.45, 7) is 3.94. The zero-order valence-corrected chi connectivity index (χ0v) is 16.2. The summed E-state index contributed by atoms with van der Waals surface area (Å²) < 4.78 is 1.53. The summed E-state index contributed by atoms with van der Waals surface area (Å²) in [4.78, 5) is 32.7. The van der Waals surface area contributed by atoms with Crippen molar-refractivity contribution in [1.29, 1.82) is 0 Å². The molecular weight excluding hydrogens is 360 g/mol. The van der Waals surface area contributed by atoms with E-state index in [-0.39, 0.29) is 24.1 Å². The Balaban J connectivity index is 1.68. The van der Waals surface area contributed by atoms with Crippen molar-refractivity contribution in [3.63, 3.8) is 0 Å². The van der Waals surface area contributed by atoms with E-state index in [1.807, 2.05) is 30.5 Å². The van der Waals surface area contributed by atoms with Gasteiger partial charge in [0, 0.05) is 36.7 Å². The van der Waals surface area contributed by atoms with Crippen molar-refractivity contribution in [2.75, 3.05) is 0 Å². The molecule has 0 saturated heterocycles. The Hall–Kier alpha value is -2.80. The first kappa shape index (κ1) is 19.0. The van der Waals surface area contributed by atoms with Crippen molar-refractivity contribution in [3.8, 4) is 0 Å². The Morgan fingerprint density at radius 2 is 2.19 bits per heavy atom. The third-order valence-corrected chi connectivity index (χ3v) is 5.08. The Morgan fingerprint density at radius 1 is 1.33 bits per heavy atom.